The highest BCUT2D eigenvalue weighted by Gasteiger charge is 2.42. The molecule has 1 aliphatic heterocycles. The summed E-state index contributed by atoms with van der Waals surface area (Å²) in [4.78, 5) is 4.10. The van der Waals surface area contributed by atoms with Gasteiger partial charge in [-0.1, -0.05) is 5.16 Å². The Morgan fingerprint density at radius 3 is 2.85 bits per heavy atom. The molecule has 1 atom stereocenters. The number of halogens is 3. The van der Waals surface area contributed by atoms with Crippen molar-refractivity contribution in [2.24, 2.45) is 0 Å². The topological polar surface area (TPSA) is 51.0 Å². The lowest BCUT2D eigenvalue weighted by Gasteiger charge is -2.04. The first kappa shape index (κ1) is 13.1. The molecule has 1 N–H and O–H groups in total. The number of aryl methyl sites for hydroxylation is 1. The van der Waals surface area contributed by atoms with E-state index in [9.17, 15) is 13.2 Å². The summed E-state index contributed by atoms with van der Waals surface area (Å²) in [6, 6.07) is 3.77. The number of nitrogens with zero attached hydrogens (tertiary/aromatic N) is 2. The second-order valence-electron chi connectivity index (χ2n) is 4.91. The summed E-state index contributed by atoms with van der Waals surface area (Å²) >= 11 is 0. The fourth-order valence-corrected chi connectivity index (χ4v) is 2.17. The van der Waals surface area contributed by atoms with Gasteiger partial charge in [0, 0.05) is 12.0 Å². The van der Waals surface area contributed by atoms with Gasteiger partial charge < -0.3 is 4.52 Å². The average Bonchev–Trinajstić information content (AvgIpc) is 2.99. The van der Waals surface area contributed by atoms with E-state index in [2.05, 4.69) is 15.5 Å². The Bertz CT molecular complexity index is 642. The molecule has 0 radical (unpaired) electrons. The quantitative estimate of drug-likeness (QED) is 0.920. The van der Waals surface area contributed by atoms with Gasteiger partial charge in [-0.3, -0.25) is 5.32 Å². The molecule has 2 heterocycles. The van der Waals surface area contributed by atoms with Crippen LogP contribution < -0.4 is 5.32 Å². The van der Waals surface area contributed by atoms with Crippen LogP contribution in [0.2, 0.25) is 0 Å². The van der Waals surface area contributed by atoms with E-state index < -0.39 is 18.5 Å². The van der Waals surface area contributed by atoms with Crippen LogP contribution in [0.5, 0.6) is 0 Å². The van der Waals surface area contributed by atoms with Crippen molar-refractivity contribution in [2.75, 3.05) is 6.54 Å². The van der Waals surface area contributed by atoms with Crippen molar-refractivity contribution in [1.29, 1.82) is 0 Å². The van der Waals surface area contributed by atoms with E-state index in [0.717, 1.165) is 0 Å². The maximum atomic E-state index is 13.2. The molecule has 0 aliphatic carbocycles. The fraction of sp³-hybridized carbons (Fsp3) is 0.385. The molecule has 0 amide bonds. The molecule has 1 aliphatic rings. The summed E-state index contributed by atoms with van der Waals surface area (Å²) in [7, 11) is 0. The van der Waals surface area contributed by atoms with E-state index >= 15 is 0 Å². The minimum atomic E-state index is -2.76. The van der Waals surface area contributed by atoms with Crippen LogP contribution in [0.15, 0.2) is 22.7 Å². The van der Waals surface area contributed by atoms with Crippen LogP contribution in [0.4, 0.5) is 13.2 Å². The summed E-state index contributed by atoms with van der Waals surface area (Å²) in [5.41, 5.74) is 1.04. The van der Waals surface area contributed by atoms with Crippen LogP contribution in [0.25, 0.3) is 11.4 Å². The van der Waals surface area contributed by atoms with Crippen molar-refractivity contribution in [3.63, 3.8) is 0 Å². The Hall–Kier alpha value is -1.89. The maximum Gasteiger partial charge on any atom is 0.262 e. The van der Waals surface area contributed by atoms with Crippen LogP contribution in [0.1, 0.15) is 23.9 Å². The first-order chi connectivity index (χ1) is 9.44. The summed E-state index contributed by atoms with van der Waals surface area (Å²) in [5.74, 6) is -2.69. The van der Waals surface area contributed by atoms with Gasteiger partial charge in [0.15, 0.2) is 0 Å². The minimum absolute atomic E-state index is 0.124. The summed E-state index contributed by atoms with van der Waals surface area (Å²) in [6.45, 7) is 1.23. The number of hydrogen-bond acceptors (Lipinski definition) is 4. The van der Waals surface area contributed by atoms with Crippen LogP contribution in [-0.2, 0) is 0 Å². The Balaban J connectivity index is 1.85. The zero-order valence-electron chi connectivity index (χ0n) is 10.7. The van der Waals surface area contributed by atoms with Gasteiger partial charge in [-0.15, -0.1) is 0 Å². The van der Waals surface area contributed by atoms with E-state index in [-0.39, 0.29) is 24.0 Å². The van der Waals surface area contributed by atoms with Gasteiger partial charge in [0.05, 0.1) is 12.6 Å². The van der Waals surface area contributed by atoms with E-state index in [1.54, 1.807) is 13.0 Å². The smallest absolute Gasteiger partial charge is 0.262 e. The molecule has 4 nitrogen and oxygen atoms in total. The van der Waals surface area contributed by atoms with Crippen molar-refractivity contribution >= 4 is 0 Å². The Kier molecular flexibility index (Phi) is 3.01. The highest BCUT2D eigenvalue weighted by molar-refractivity contribution is 5.55. The number of hydrogen-bond donors (Lipinski definition) is 1. The van der Waals surface area contributed by atoms with Crippen molar-refractivity contribution in [2.45, 2.75) is 25.3 Å². The number of alkyl halides is 2. The lowest BCUT2D eigenvalue weighted by atomic mass is 10.1. The van der Waals surface area contributed by atoms with Crippen LogP contribution >= 0.6 is 0 Å². The number of benzene rings is 1. The SMILES string of the molecule is Cc1cc(-c2noc(C3CC(F)(F)CN3)n2)ccc1F. The molecule has 0 saturated carbocycles. The molecule has 1 unspecified atom stereocenters. The summed E-state index contributed by atoms with van der Waals surface area (Å²) in [5, 5.41) is 6.40. The lowest BCUT2D eigenvalue weighted by Crippen LogP contribution is -2.19. The summed E-state index contributed by atoms with van der Waals surface area (Å²) in [6.07, 6.45) is -0.364. The highest BCUT2D eigenvalue weighted by atomic mass is 19.3. The molecule has 1 saturated heterocycles. The minimum Gasteiger partial charge on any atom is -0.337 e. The molecule has 1 aromatic carbocycles. The lowest BCUT2D eigenvalue weighted by molar-refractivity contribution is 0.0200. The third-order valence-corrected chi connectivity index (χ3v) is 3.27. The van der Waals surface area contributed by atoms with E-state index in [1.165, 1.54) is 12.1 Å². The normalized spacial score (nSPS) is 21.3. The van der Waals surface area contributed by atoms with Gasteiger partial charge in [0.1, 0.15) is 5.82 Å². The molecule has 0 spiro atoms. The second kappa shape index (κ2) is 4.59. The monoisotopic (exact) mass is 283 g/mol. The van der Waals surface area contributed by atoms with Crippen LogP contribution in [0, 0.1) is 12.7 Å². The zero-order chi connectivity index (χ0) is 14.3. The van der Waals surface area contributed by atoms with Gasteiger partial charge in [-0.05, 0) is 30.7 Å². The standard InChI is InChI=1S/C13H12F3N3O/c1-7-4-8(2-3-9(7)14)11-18-12(20-19-11)10-5-13(15,16)6-17-10/h2-4,10,17H,5-6H2,1H3. The molecule has 3 rings (SSSR count). The Morgan fingerprint density at radius 1 is 1.40 bits per heavy atom. The largest absolute Gasteiger partial charge is 0.337 e. The van der Waals surface area contributed by atoms with Crippen molar-refractivity contribution < 1.29 is 17.7 Å². The molecule has 0 bridgehead atoms. The zero-order valence-corrected chi connectivity index (χ0v) is 10.7. The van der Waals surface area contributed by atoms with Gasteiger partial charge in [0.25, 0.3) is 5.92 Å². The third-order valence-electron chi connectivity index (χ3n) is 3.27. The van der Waals surface area contributed by atoms with Crippen molar-refractivity contribution in [3.8, 4) is 11.4 Å². The van der Waals surface area contributed by atoms with Gasteiger partial charge in [0.2, 0.25) is 11.7 Å². The molecule has 7 heteroatoms. The predicted octanol–water partition coefficient (Wildman–Crippen LogP) is 2.85. The Morgan fingerprint density at radius 2 is 2.20 bits per heavy atom. The number of nitrogens with one attached hydrogen (secondary N) is 1. The molecule has 1 fully saturated rings. The van der Waals surface area contributed by atoms with Gasteiger partial charge in [-0.25, -0.2) is 13.2 Å². The first-order valence-corrected chi connectivity index (χ1v) is 6.16. The molecule has 2 aromatic rings. The molecule has 106 valence electrons. The van der Waals surface area contributed by atoms with Crippen LogP contribution in [-0.4, -0.2) is 22.6 Å². The third kappa shape index (κ3) is 2.40. The van der Waals surface area contributed by atoms with Crippen LogP contribution in [0.3, 0.4) is 0 Å². The highest BCUT2D eigenvalue weighted by Crippen LogP contribution is 2.33. The number of rotatable bonds is 2. The molecular formula is C13H12F3N3O. The van der Waals surface area contributed by atoms with Crippen molar-refractivity contribution in [3.05, 3.63) is 35.5 Å². The first-order valence-electron chi connectivity index (χ1n) is 6.16. The van der Waals surface area contributed by atoms with Crippen molar-refractivity contribution in [1.82, 2.24) is 15.5 Å². The van der Waals surface area contributed by atoms with E-state index in [0.29, 0.717) is 11.1 Å². The number of aromatic nitrogens is 2. The predicted molar refractivity (Wildman–Crippen MR) is 64.7 cm³/mol. The van der Waals surface area contributed by atoms with E-state index in [4.69, 9.17) is 4.52 Å². The van der Waals surface area contributed by atoms with Gasteiger partial charge >= 0.3 is 0 Å². The molecule has 1 aromatic heterocycles. The molecule has 20 heavy (non-hydrogen) atoms. The summed E-state index contributed by atoms with van der Waals surface area (Å²) < 4.78 is 44.4. The maximum absolute atomic E-state index is 13.2. The average molecular weight is 283 g/mol. The van der Waals surface area contributed by atoms with E-state index in [1.807, 2.05) is 0 Å². The fourth-order valence-electron chi connectivity index (χ4n) is 2.17. The molecular weight excluding hydrogens is 271 g/mol. The van der Waals surface area contributed by atoms with Gasteiger partial charge in [-0.2, -0.15) is 4.98 Å². The second-order valence-corrected chi connectivity index (χ2v) is 4.91. The Labute approximate surface area is 113 Å².